The maximum atomic E-state index is 12.3. The van der Waals surface area contributed by atoms with Gasteiger partial charge in [0.05, 0.1) is 23.4 Å². The Balaban J connectivity index is 2.64. The molecule has 0 aliphatic rings. The van der Waals surface area contributed by atoms with Crippen LogP contribution in [0.25, 0.3) is 0 Å². The molecule has 0 saturated heterocycles. The third kappa shape index (κ3) is 6.99. The highest BCUT2D eigenvalue weighted by Gasteiger charge is 2.28. The molecular weight excluding hydrogens is 342 g/mol. The van der Waals surface area contributed by atoms with Crippen LogP contribution in [0.4, 0.5) is 4.79 Å². The van der Waals surface area contributed by atoms with E-state index >= 15 is 0 Å². The van der Waals surface area contributed by atoms with Gasteiger partial charge in [-0.15, -0.1) is 11.3 Å². The molecule has 0 spiro atoms. The molecule has 1 rings (SSSR count). The number of ether oxygens (including phenoxy) is 1. The molecule has 1 aromatic rings. The first-order chi connectivity index (χ1) is 11.6. The van der Waals surface area contributed by atoms with Gasteiger partial charge in [0, 0.05) is 25.0 Å². The fourth-order valence-corrected chi connectivity index (χ4v) is 2.86. The topological polar surface area (TPSA) is 91.8 Å². The third-order valence-corrected chi connectivity index (χ3v) is 4.71. The first-order valence-corrected chi connectivity index (χ1v) is 9.30. The molecule has 0 radical (unpaired) electrons. The number of amides is 2. The predicted octanol–water partition coefficient (Wildman–Crippen LogP) is 2.92. The number of carboxylic acids is 1. The van der Waals surface area contributed by atoms with Crippen molar-refractivity contribution in [3.05, 3.63) is 16.1 Å². The molecule has 0 saturated carbocycles. The van der Waals surface area contributed by atoms with E-state index in [1.807, 2.05) is 19.2 Å². The SMILES string of the molecule is CC(C)COC(C)[C@H](NC(=O)N(C)Cc1csc(C(C)C)n1)C(=O)O. The van der Waals surface area contributed by atoms with E-state index in [4.69, 9.17) is 4.74 Å². The second-order valence-corrected chi connectivity index (χ2v) is 7.78. The van der Waals surface area contributed by atoms with Crippen molar-refractivity contribution in [1.82, 2.24) is 15.2 Å². The molecule has 7 nitrogen and oxygen atoms in total. The van der Waals surface area contributed by atoms with E-state index in [0.717, 1.165) is 10.7 Å². The van der Waals surface area contributed by atoms with Crippen molar-refractivity contribution in [3.8, 4) is 0 Å². The summed E-state index contributed by atoms with van der Waals surface area (Å²) in [6, 6.07) is -1.57. The van der Waals surface area contributed by atoms with Gasteiger partial charge in [0.1, 0.15) is 0 Å². The highest BCUT2D eigenvalue weighted by molar-refractivity contribution is 7.09. The number of urea groups is 1. The van der Waals surface area contributed by atoms with E-state index in [0.29, 0.717) is 19.1 Å². The summed E-state index contributed by atoms with van der Waals surface area (Å²) in [4.78, 5) is 29.7. The second kappa shape index (κ2) is 9.72. The lowest BCUT2D eigenvalue weighted by Crippen LogP contribution is -2.52. The van der Waals surface area contributed by atoms with Crippen LogP contribution < -0.4 is 5.32 Å². The van der Waals surface area contributed by atoms with Crippen LogP contribution in [-0.4, -0.2) is 52.8 Å². The van der Waals surface area contributed by atoms with E-state index in [1.165, 1.54) is 4.90 Å². The van der Waals surface area contributed by atoms with Crippen molar-refractivity contribution < 1.29 is 19.4 Å². The summed E-state index contributed by atoms with van der Waals surface area (Å²) in [5.41, 5.74) is 0.794. The number of aromatic nitrogens is 1. The van der Waals surface area contributed by atoms with Crippen molar-refractivity contribution >= 4 is 23.3 Å². The molecule has 0 aliphatic carbocycles. The summed E-state index contributed by atoms with van der Waals surface area (Å²) in [6.07, 6.45) is -0.621. The molecule has 1 unspecified atom stereocenters. The molecule has 0 bridgehead atoms. The number of hydrogen-bond donors (Lipinski definition) is 2. The normalized spacial score (nSPS) is 13.8. The van der Waals surface area contributed by atoms with Crippen LogP contribution in [0.15, 0.2) is 5.38 Å². The molecule has 2 amide bonds. The maximum Gasteiger partial charge on any atom is 0.328 e. The van der Waals surface area contributed by atoms with Gasteiger partial charge in [-0.2, -0.15) is 0 Å². The standard InChI is InChI=1S/C17H29N3O4S/c1-10(2)8-24-12(5)14(16(21)22)19-17(23)20(6)7-13-9-25-15(18-13)11(3)4/h9-12,14H,7-8H2,1-6H3,(H,19,23)(H,21,22)/t12?,14-/m0/s1. The minimum Gasteiger partial charge on any atom is -0.480 e. The van der Waals surface area contributed by atoms with Gasteiger partial charge in [0.2, 0.25) is 0 Å². The number of carbonyl (C=O) groups excluding carboxylic acids is 1. The Morgan fingerprint density at radius 2 is 1.96 bits per heavy atom. The predicted molar refractivity (Wildman–Crippen MR) is 97.9 cm³/mol. The number of hydrogen-bond acceptors (Lipinski definition) is 5. The van der Waals surface area contributed by atoms with Crippen LogP contribution in [0, 0.1) is 5.92 Å². The Morgan fingerprint density at radius 3 is 2.44 bits per heavy atom. The van der Waals surface area contributed by atoms with Crippen molar-refractivity contribution in [3.63, 3.8) is 0 Å². The number of nitrogens with zero attached hydrogens (tertiary/aromatic N) is 2. The number of carbonyl (C=O) groups is 2. The fraction of sp³-hybridized carbons (Fsp3) is 0.706. The second-order valence-electron chi connectivity index (χ2n) is 6.89. The van der Waals surface area contributed by atoms with Gasteiger partial charge >= 0.3 is 12.0 Å². The van der Waals surface area contributed by atoms with E-state index < -0.39 is 24.1 Å². The number of thiazole rings is 1. The van der Waals surface area contributed by atoms with Crippen molar-refractivity contribution in [1.29, 1.82) is 0 Å². The van der Waals surface area contributed by atoms with Crippen LogP contribution in [-0.2, 0) is 16.1 Å². The summed E-state index contributed by atoms with van der Waals surface area (Å²) < 4.78 is 5.53. The molecule has 142 valence electrons. The molecule has 25 heavy (non-hydrogen) atoms. The third-order valence-electron chi connectivity index (χ3n) is 3.52. The van der Waals surface area contributed by atoms with E-state index in [-0.39, 0.29) is 5.92 Å². The van der Waals surface area contributed by atoms with E-state index in [2.05, 4.69) is 24.1 Å². The molecule has 0 aliphatic heterocycles. The monoisotopic (exact) mass is 371 g/mol. The van der Waals surface area contributed by atoms with Crippen LogP contribution in [0.3, 0.4) is 0 Å². The quantitative estimate of drug-likeness (QED) is 0.696. The fourth-order valence-electron chi connectivity index (χ4n) is 2.04. The zero-order valence-electron chi connectivity index (χ0n) is 15.8. The average Bonchev–Trinajstić information content (AvgIpc) is 2.98. The van der Waals surface area contributed by atoms with Crippen LogP contribution in [0.1, 0.15) is 51.2 Å². The molecule has 0 aromatic carbocycles. The molecule has 1 heterocycles. The minimum absolute atomic E-state index is 0.287. The van der Waals surface area contributed by atoms with Crippen LogP contribution >= 0.6 is 11.3 Å². The van der Waals surface area contributed by atoms with Crippen LogP contribution in [0.5, 0.6) is 0 Å². The van der Waals surface area contributed by atoms with Gasteiger partial charge in [0.15, 0.2) is 6.04 Å². The highest BCUT2D eigenvalue weighted by atomic mass is 32.1. The Kier molecular flexibility index (Phi) is 8.31. The largest absolute Gasteiger partial charge is 0.480 e. The minimum atomic E-state index is -1.12. The summed E-state index contributed by atoms with van der Waals surface area (Å²) in [5.74, 6) is -0.489. The molecule has 1 aromatic heterocycles. The smallest absolute Gasteiger partial charge is 0.328 e. The lowest BCUT2D eigenvalue weighted by molar-refractivity contribution is -0.143. The molecule has 2 N–H and O–H groups in total. The highest BCUT2D eigenvalue weighted by Crippen LogP contribution is 2.19. The number of carboxylic acid groups (broad SMARTS) is 1. The van der Waals surface area contributed by atoms with Crippen molar-refractivity contribution in [2.24, 2.45) is 5.92 Å². The summed E-state index contributed by atoms with van der Waals surface area (Å²) >= 11 is 1.56. The first-order valence-electron chi connectivity index (χ1n) is 8.42. The van der Waals surface area contributed by atoms with Crippen molar-refractivity contribution in [2.45, 2.75) is 59.2 Å². The molecule has 2 atom stereocenters. The van der Waals surface area contributed by atoms with Crippen LogP contribution in [0.2, 0.25) is 0 Å². The zero-order valence-corrected chi connectivity index (χ0v) is 16.6. The summed E-state index contributed by atoms with van der Waals surface area (Å²) in [5, 5.41) is 14.8. The van der Waals surface area contributed by atoms with Gasteiger partial charge in [0.25, 0.3) is 0 Å². The van der Waals surface area contributed by atoms with Crippen molar-refractivity contribution in [2.75, 3.05) is 13.7 Å². The van der Waals surface area contributed by atoms with E-state index in [9.17, 15) is 14.7 Å². The number of rotatable bonds is 9. The van der Waals surface area contributed by atoms with E-state index in [1.54, 1.807) is 25.3 Å². The molecule has 8 heteroatoms. The first kappa shape index (κ1) is 21.4. The van der Waals surface area contributed by atoms with Gasteiger partial charge in [-0.3, -0.25) is 0 Å². The summed E-state index contributed by atoms with van der Waals surface area (Å²) in [6.45, 7) is 10.5. The number of aliphatic carboxylic acids is 1. The Hall–Kier alpha value is -1.67. The molecular formula is C17H29N3O4S. The van der Waals surface area contributed by atoms with Gasteiger partial charge < -0.3 is 20.1 Å². The number of nitrogens with one attached hydrogen (secondary N) is 1. The zero-order chi connectivity index (χ0) is 19.1. The van der Waals surface area contributed by atoms with Gasteiger partial charge in [-0.05, 0) is 12.8 Å². The molecule has 0 fully saturated rings. The average molecular weight is 372 g/mol. The summed E-state index contributed by atoms with van der Waals surface area (Å²) in [7, 11) is 1.61. The Bertz CT molecular complexity index is 574. The van der Waals surface area contributed by atoms with Gasteiger partial charge in [-0.25, -0.2) is 14.6 Å². The van der Waals surface area contributed by atoms with Gasteiger partial charge in [-0.1, -0.05) is 27.7 Å². The lowest BCUT2D eigenvalue weighted by Gasteiger charge is -2.25. The Labute approximate surface area is 153 Å². The maximum absolute atomic E-state index is 12.3. The Morgan fingerprint density at radius 1 is 1.32 bits per heavy atom. The lowest BCUT2D eigenvalue weighted by atomic mass is 10.1.